The fourth-order valence-corrected chi connectivity index (χ4v) is 5.66. The number of hydrogen-bond acceptors (Lipinski definition) is 7. The maximum absolute atomic E-state index is 12.9. The van der Waals surface area contributed by atoms with Gasteiger partial charge in [-0.1, -0.05) is 29.8 Å². The smallest absolute Gasteiger partial charge is 0.373 e. The summed E-state index contributed by atoms with van der Waals surface area (Å²) in [6.07, 6.45) is 1.65. The van der Waals surface area contributed by atoms with Gasteiger partial charge in [-0.05, 0) is 92.0 Å². The Morgan fingerprint density at radius 1 is 1.11 bits per heavy atom. The first-order valence-corrected chi connectivity index (χ1v) is 12.7. The molecule has 35 heavy (non-hydrogen) atoms. The molecule has 10 heteroatoms. The summed E-state index contributed by atoms with van der Waals surface area (Å²) in [5, 5.41) is -0.423. The number of imide groups is 1. The molecule has 180 valence electrons. The lowest BCUT2D eigenvalue weighted by Crippen LogP contribution is -2.27. The summed E-state index contributed by atoms with van der Waals surface area (Å²) in [4.78, 5) is 38.3. The van der Waals surface area contributed by atoms with Crippen molar-refractivity contribution in [3.63, 3.8) is 0 Å². The van der Waals surface area contributed by atoms with Gasteiger partial charge in [0.1, 0.15) is 18.1 Å². The summed E-state index contributed by atoms with van der Waals surface area (Å²) < 4.78 is 17.4. The van der Waals surface area contributed by atoms with E-state index in [9.17, 15) is 14.4 Å². The minimum Gasteiger partial charge on any atom is -0.487 e. The standard InChI is InChI=1S/C25H19Br2NO6S/c1-14-4-3-5-15(8-14)13-33-22-18(26)9-16(10-19(22)27)11-21-23(29)28(25(31)35-21)12-17-6-7-20(34-17)24(30)32-2/h3-11H,12-13H2,1-2H3/b21-11+. The normalized spacial score (nSPS) is 14.6. The second-order valence-electron chi connectivity index (χ2n) is 7.62. The number of nitrogens with zero attached hydrogens (tertiary/aromatic N) is 1. The largest absolute Gasteiger partial charge is 0.487 e. The Hall–Kier alpha value is -2.82. The number of halogens is 2. The molecule has 0 bridgehead atoms. The van der Waals surface area contributed by atoms with Crippen LogP contribution in [0.4, 0.5) is 4.79 Å². The summed E-state index contributed by atoms with van der Waals surface area (Å²) in [6, 6.07) is 14.7. The van der Waals surface area contributed by atoms with Gasteiger partial charge in [0.05, 0.1) is 27.5 Å². The first kappa shape index (κ1) is 25.3. The third-order valence-corrected chi connectivity index (χ3v) is 7.11. The molecule has 2 amide bonds. The fourth-order valence-electron chi connectivity index (χ4n) is 3.37. The van der Waals surface area contributed by atoms with E-state index in [1.165, 1.54) is 19.2 Å². The Balaban J connectivity index is 1.48. The van der Waals surface area contributed by atoms with Gasteiger partial charge in [-0.3, -0.25) is 14.5 Å². The van der Waals surface area contributed by atoms with Crippen molar-refractivity contribution in [2.24, 2.45) is 0 Å². The molecule has 1 fully saturated rings. The van der Waals surface area contributed by atoms with Gasteiger partial charge in [0.25, 0.3) is 11.1 Å². The van der Waals surface area contributed by atoms with E-state index in [1.54, 1.807) is 6.08 Å². The van der Waals surface area contributed by atoms with E-state index in [4.69, 9.17) is 9.15 Å². The van der Waals surface area contributed by atoms with Gasteiger partial charge in [0.2, 0.25) is 5.76 Å². The number of ether oxygens (including phenoxy) is 2. The van der Waals surface area contributed by atoms with Gasteiger partial charge in [0, 0.05) is 0 Å². The minimum absolute atomic E-state index is 0.00409. The predicted octanol–water partition coefficient (Wildman–Crippen LogP) is 6.72. The van der Waals surface area contributed by atoms with E-state index >= 15 is 0 Å². The Kier molecular flexibility index (Phi) is 7.83. The van der Waals surface area contributed by atoms with Gasteiger partial charge in [-0.2, -0.15) is 0 Å². The average molecular weight is 621 g/mol. The van der Waals surface area contributed by atoms with Crippen molar-refractivity contribution in [3.8, 4) is 5.75 Å². The molecule has 1 saturated heterocycles. The second kappa shape index (κ2) is 10.8. The van der Waals surface area contributed by atoms with Crippen molar-refractivity contribution in [1.29, 1.82) is 0 Å². The van der Waals surface area contributed by atoms with Crippen LogP contribution < -0.4 is 4.74 Å². The number of thioether (sulfide) groups is 1. The van der Waals surface area contributed by atoms with Crippen LogP contribution in [0.5, 0.6) is 5.75 Å². The molecular weight excluding hydrogens is 602 g/mol. The summed E-state index contributed by atoms with van der Waals surface area (Å²) in [5.41, 5.74) is 2.92. The maximum Gasteiger partial charge on any atom is 0.373 e. The Morgan fingerprint density at radius 3 is 2.54 bits per heavy atom. The van der Waals surface area contributed by atoms with Crippen LogP contribution in [0.3, 0.4) is 0 Å². The van der Waals surface area contributed by atoms with E-state index in [1.807, 2.05) is 37.3 Å². The first-order chi connectivity index (χ1) is 16.7. The monoisotopic (exact) mass is 619 g/mol. The van der Waals surface area contributed by atoms with Crippen LogP contribution >= 0.6 is 43.6 Å². The lowest BCUT2D eigenvalue weighted by atomic mass is 10.1. The molecule has 0 N–H and O–H groups in total. The lowest BCUT2D eigenvalue weighted by Gasteiger charge is -2.12. The zero-order chi connectivity index (χ0) is 25.1. The third-order valence-electron chi connectivity index (χ3n) is 5.02. The summed E-state index contributed by atoms with van der Waals surface area (Å²) in [7, 11) is 1.24. The van der Waals surface area contributed by atoms with Gasteiger partial charge >= 0.3 is 5.97 Å². The highest BCUT2D eigenvalue weighted by molar-refractivity contribution is 9.11. The number of hydrogen-bond donors (Lipinski definition) is 0. The Bertz CT molecular complexity index is 1330. The molecule has 0 atom stereocenters. The molecule has 3 aromatic rings. The summed E-state index contributed by atoms with van der Waals surface area (Å²) >= 11 is 7.91. The van der Waals surface area contributed by atoms with E-state index < -0.39 is 17.1 Å². The summed E-state index contributed by atoms with van der Waals surface area (Å²) in [5.74, 6) is -0.134. The maximum atomic E-state index is 12.9. The molecule has 7 nitrogen and oxygen atoms in total. The summed E-state index contributed by atoms with van der Waals surface area (Å²) in [6.45, 7) is 2.35. The molecule has 1 aliphatic rings. The highest BCUT2D eigenvalue weighted by Gasteiger charge is 2.36. The van der Waals surface area contributed by atoms with E-state index in [0.717, 1.165) is 27.8 Å². The number of aryl methyl sites for hydroxylation is 1. The number of carbonyl (C=O) groups excluding carboxylic acids is 3. The van der Waals surface area contributed by atoms with Gasteiger partial charge in [-0.15, -0.1) is 0 Å². The number of carbonyl (C=O) groups is 3. The molecule has 0 aliphatic carbocycles. The van der Waals surface area contributed by atoms with Gasteiger partial charge in [0.15, 0.2) is 0 Å². The van der Waals surface area contributed by atoms with Crippen LogP contribution in [-0.2, 0) is 22.7 Å². The molecule has 1 aromatic heterocycles. The topological polar surface area (TPSA) is 86.0 Å². The number of amides is 2. The van der Waals surface area contributed by atoms with E-state index in [2.05, 4.69) is 42.7 Å². The third kappa shape index (κ3) is 5.88. The molecule has 4 rings (SSSR count). The van der Waals surface area contributed by atoms with Crippen molar-refractivity contribution in [1.82, 2.24) is 4.90 Å². The van der Waals surface area contributed by atoms with Crippen molar-refractivity contribution >= 4 is 66.8 Å². The van der Waals surface area contributed by atoms with E-state index in [0.29, 0.717) is 32.6 Å². The number of benzene rings is 2. The van der Waals surface area contributed by atoms with Gasteiger partial charge < -0.3 is 13.9 Å². The van der Waals surface area contributed by atoms with Crippen molar-refractivity contribution in [2.45, 2.75) is 20.1 Å². The zero-order valence-electron chi connectivity index (χ0n) is 18.7. The fraction of sp³-hybridized carbons (Fsp3) is 0.160. The highest BCUT2D eigenvalue weighted by Crippen LogP contribution is 2.38. The first-order valence-electron chi connectivity index (χ1n) is 10.3. The molecule has 0 spiro atoms. The van der Waals surface area contributed by atoms with Crippen LogP contribution in [0.15, 0.2) is 66.8 Å². The molecule has 2 aromatic carbocycles. The molecule has 1 aliphatic heterocycles. The Morgan fingerprint density at radius 2 is 1.86 bits per heavy atom. The quantitative estimate of drug-likeness (QED) is 0.214. The number of rotatable bonds is 7. The second-order valence-corrected chi connectivity index (χ2v) is 10.3. The van der Waals surface area contributed by atoms with Crippen molar-refractivity contribution in [2.75, 3.05) is 7.11 Å². The molecule has 0 saturated carbocycles. The Labute approximate surface area is 222 Å². The predicted molar refractivity (Wildman–Crippen MR) is 139 cm³/mol. The van der Waals surface area contributed by atoms with Crippen molar-refractivity contribution in [3.05, 3.63) is 90.6 Å². The van der Waals surface area contributed by atoms with Crippen LogP contribution in [0, 0.1) is 6.92 Å². The number of furan rings is 1. The molecule has 2 heterocycles. The van der Waals surface area contributed by atoms with Crippen LogP contribution in [0.25, 0.3) is 6.08 Å². The van der Waals surface area contributed by atoms with Crippen LogP contribution in [0.1, 0.15) is 33.0 Å². The van der Waals surface area contributed by atoms with Crippen molar-refractivity contribution < 1.29 is 28.3 Å². The molecular formula is C25H19Br2NO6S. The van der Waals surface area contributed by atoms with Crippen LogP contribution in [0.2, 0.25) is 0 Å². The average Bonchev–Trinajstić information content (AvgIpc) is 3.38. The highest BCUT2D eigenvalue weighted by atomic mass is 79.9. The SMILES string of the molecule is COC(=O)c1ccc(CN2C(=O)S/C(=C/c3cc(Br)c(OCc4cccc(C)c4)c(Br)c3)C2=O)o1. The van der Waals surface area contributed by atoms with Gasteiger partial charge in [-0.25, -0.2) is 4.79 Å². The number of esters is 1. The molecule has 0 unspecified atom stereocenters. The minimum atomic E-state index is -0.632. The number of methoxy groups -OCH3 is 1. The van der Waals surface area contributed by atoms with E-state index in [-0.39, 0.29) is 17.2 Å². The zero-order valence-corrected chi connectivity index (χ0v) is 22.7. The van der Waals surface area contributed by atoms with Crippen LogP contribution in [-0.4, -0.2) is 29.1 Å². The lowest BCUT2D eigenvalue weighted by molar-refractivity contribution is -0.123. The molecule has 0 radical (unpaired) electrons.